The van der Waals surface area contributed by atoms with Crippen molar-refractivity contribution in [3.63, 3.8) is 0 Å². The largest absolute Gasteiger partial charge is 0.416 e. The van der Waals surface area contributed by atoms with Gasteiger partial charge in [0.25, 0.3) is 0 Å². The van der Waals surface area contributed by atoms with Crippen molar-refractivity contribution in [2.45, 2.75) is 6.18 Å². The summed E-state index contributed by atoms with van der Waals surface area (Å²) in [6.45, 7) is 0. The lowest BCUT2D eigenvalue weighted by Crippen LogP contribution is -2.20. The Balaban J connectivity index is 1.91. The van der Waals surface area contributed by atoms with Crippen molar-refractivity contribution in [1.29, 1.82) is 0 Å². The molecule has 1 aliphatic rings. The summed E-state index contributed by atoms with van der Waals surface area (Å²) in [6, 6.07) is 11.6. The number of rotatable bonds is 3. The van der Waals surface area contributed by atoms with Gasteiger partial charge in [0.1, 0.15) is 11.6 Å². The number of hydrogen-bond acceptors (Lipinski definition) is 4. The summed E-state index contributed by atoms with van der Waals surface area (Å²) in [5.41, 5.74) is 0.0102. The molecule has 0 amide bonds. The molecule has 0 spiro atoms. The zero-order chi connectivity index (χ0) is 18.0. The normalized spacial score (nSPS) is 17.7. The Bertz CT molecular complexity index is 864. The summed E-state index contributed by atoms with van der Waals surface area (Å²) in [4.78, 5) is 20.5. The minimum Gasteiger partial charge on any atom is -0.317 e. The standard InChI is InChI=1S/C17H10ClF3N2O2/c18-13-7-6-11(17(19,20)21)8-14(13)22-9-12-15(23-25-16(12)24)10-4-2-1-3-5-10/h1-9,12H. The van der Waals surface area contributed by atoms with E-state index in [0.29, 0.717) is 11.3 Å². The molecule has 0 aromatic heterocycles. The molecule has 0 fully saturated rings. The third-order valence-electron chi connectivity index (χ3n) is 3.49. The number of nitrogens with zero attached hydrogens (tertiary/aromatic N) is 2. The highest BCUT2D eigenvalue weighted by molar-refractivity contribution is 6.33. The van der Waals surface area contributed by atoms with Gasteiger partial charge < -0.3 is 4.84 Å². The van der Waals surface area contributed by atoms with Crippen LogP contribution in [-0.2, 0) is 15.8 Å². The number of benzene rings is 2. The van der Waals surface area contributed by atoms with E-state index in [1.807, 2.05) is 0 Å². The van der Waals surface area contributed by atoms with Crippen LogP contribution in [0.1, 0.15) is 11.1 Å². The second kappa shape index (κ2) is 6.68. The molecule has 1 heterocycles. The van der Waals surface area contributed by atoms with E-state index in [2.05, 4.69) is 15.0 Å². The zero-order valence-corrected chi connectivity index (χ0v) is 13.3. The fourth-order valence-electron chi connectivity index (χ4n) is 2.23. The molecule has 0 aliphatic carbocycles. The van der Waals surface area contributed by atoms with Gasteiger partial charge in [-0.2, -0.15) is 13.2 Å². The van der Waals surface area contributed by atoms with Crippen molar-refractivity contribution in [1.82, 2.24) is 0 Å². The second-order valence-electron chi connectivity index (χ2n) is 5.17. The maximum atomic E-state index is 12.8. The summed E-state index contributed by atoms with van der Waals surface area (Å²) in [6.07, 6.45) is -3.33. The second-order valence-corrected chi connectivity index (χ2v) is 5.58. The van der Waals surface area contributed by atoms with Crippen LogP contribution in [0.2, 0.25) is 5.02 Å². The van der Waals surface area contributed by atoms with Gasteiger partial charge >= 0.3 is 12.1 Å². The number of carbonyl (C=O) groups is 1. The first-order valence-corrected chi connectivity index (χ1v) is 7.49. The molecule has 1 aliphatic heterocycles. The Morgan fingerprint density at radius 2 is 1.88 bits per heavy atom. The van der Waals surface area contributed by atoms with Crippen LogP contribution in [0.5, 0.6) is 0 Å². The number of oxime groups is 1. The van der Waals surface area contributed by atoms with Gasteiger partial charge in [0.05, 0.1) is 16.3 Å². The van der Waals surface area contributed by atoms with E-state index in [1.165, 1.54) is 6.21 Å². The SMILES string of the molecule is O=C1ON=C(c2ccccc2)C1C=Nc1cc(C(F)(F)F)ccc1Cl. The topological polar surface area (TPSA) is 51.0 Å². The average molecular weight is 367 g/mol. The molecular formula is C17H10ClF3N2O2. The Morgan fingerprint density at radius 3 is 2.56 bits per heavy atom. The van der Waals surface area contributed by atoms with Crippen molar-refractivity contribution < 1.29 is 22.8 Å². The predicted octanol–water partition coefficient (Wildman–Crippen LogP) is 4.64. The van der Waals surface area contributed by atoms with Gasteiger partial charge in [-0.15, -0.1) is 0 Å². The number of hydrogen-bond donors (Lipinski definition) is 0. The fourth-order valence-corrected chi connectivity index (χ4v) is 2.40. The molecule has 1 atom stereocenters. The van der Waals surface area contributed by atoms with E-state index in [4.69, 9.17) is 11.6 Å². The summed E-state index contributed by atoms with van der Waals surface area (Å²) >= 11 is 5.89. The number of alkyl halides is 3. The molecule has 25 heavy (non-hydrogen) atoms. The summed E-state index contributed by atoms with van der Waals surface area (Å²) < 4.78 is 38.4. The lowest BCUT2D eigenvalue weighted by molar-refractivity contribution is -0.141. The maximum absolute atomic E-state index is 12.8. The minimum absolute atomic E-state index is 0.0359. The van der Waals surface area contributed by atoms with Crippen LogP contribution in [0.3, 0.4) is 0 Å². The zero-order valence-electron chi connectivity index (χ0n) is 12.5. The van der Waals surface area contributed by atoms with Crippen LogP contribution in [0.25, 0.3) is 0 Å². The van der Waals surface area contributed by atoms with E-state index < -0.39 is 23.6 Å². The van der Waals surface area contributed by atoms with E-state index in [9.17, 15) is 18.0 Å². The quantitative estimate of drug-likeness (QED) is 0.587. The molecule has 0 bridgehead atoms. The van der Waals surface area contributed by atoms with Crippen molar-refractivity contribution in [3.8, 4) is 0 Å². The minimum atomic E-state index is -4.52. The Kier molecular flexibility index (Phi) is 4.59. The molecule has 0 radical (unpaired) electrons. The van der Waals surface area contributed by atoms with E-state index in [-0.39, 0.29) is 10.7 Å². The molecule has 8 heteroatoms. The maximum Gasteiger partial charge on any atom is 0.416 e. The highest BCUT2D eigenvalue weighted by Gasteiger charge is 2.33. The summed E-state index contributed by atoms with van der Waals surface area (Å²) in [5.74, 6) is -1.58. The van der Waals surface area contributed by atoms with Crippen LogP contribution in [0.15, 0.2) is 58.7 Å². The van der Waals surface area contributed by atoms with E-state index in [0.717, 1.165) is 18.2 Å². The van der Waals surface area contributed by atoms with E-state index in [1.54, 1.807) is 30.3 Å². The van der Waals surface area contributed by atoms with Crippen molar-refractivity contribution >= 4 is 35.2 Å². The average Bonchev–Trinajstić information content (AvgIpc) is 2.94. The lowest BCUT2D eigenvalue weighted by Gasteiger charge is -2.08. The Labute approximate surface area is 145 Å². The third kappa shape index (κ3) is 3.71. The van der Waals surface area contributed by atoms with Gasteiger partial charge in [0.15, 0.2) is 0 Å². The Morgan fingerprint density at radius 1 is 1.16 bits per heavy atom. The first kappa shape index (κ1) is 17.2. The van der Waals surface area contributed by atoms with Crippen LogP contribution in [0.4, 0.5) is 18.9 Å². The molecule has 0 saturated carbocycles. The number of carbonyl (C=O) groups excluding carboxylic acids is 1. The first-order valence-electron chi connectivity index (χ1n) is 7.11. The molecule has 128 valence electrons. The van der Waals surface area contributed by atoms with Gasteiger partial charge in [-0.05, 0) is 18.2 Å². The van der Waals surface area contributed by atoms with Crippen LogP contribution < -0.4 is 0 Å². The smallest absolute Gasteiger partial charge is 0.317 e. The molecule has 3 rings (SSSR count). The van der Waals surface area contributed by atoms with E-state index >= 15 is 0 Å². The first-order chi connectivity index (χ1) is 11.9. The van der Waals surface area contributed by atoms with Gasteiger partial charge in [0, 0.05) is 11.8 Å². The van der Waals surface area contributed by atoms with Crippen molar-refractivity contribution in [3.05, 3.63) is 64.7 Å². The molecule has 2 aromatic rings. The Hall–Kier alpha value is -2.67. The summed E-state index contributed by atoms with van der Waals surface area (Å²) in [7, 11) is 0. The monoisotopic (exact) mass is 366 g/mol. The molecular weight excluding hydrogens is 357 g/mol. The fraction of sp³-hybridized carbons (Fsp3) is 0.118. The van der Waals surface area contributed by atoms with Crippen molar-refractivity contribution in [2.75, 3.05) is 0 Å². The highest BCUT2D eigenvalue weighted by atomic mass is 35.5. The molecule has 0 saturated heterocycles. The van der Waals surface area contributed by atoms with Gasteiger partial charge in [-0.1, -0.05) is 47.1 Å². The van der Waals surface area contributed by atoms with Crippen LogP contribution >= 0.6 is 11.6 Å². The van der Waals surface area contributed by atoms with Crippen LogP contribution in [0, 0.1) is 5.92 Å². The number of aliphatic imine (C=N–C) groups is 1. The highest BCUT2D eigenvalue weighted by Crippen LogP contribution is 2.35. The summed E-state index contributed by atoms with van der Waals surface area (Å²) in [5, 5.41) is 3.76. The lowest BCUT2D eigenvalue weighted by atomic mass is 9.98. The van der Waals surface area contributed by atoms with Gasteiger partial charge in [0.2, 0.25) is 0 Å². The molecule has 2 aromatic carbocycles. The van der Waals surface area contributed by atoms with Crippen LogP contribution in [-0.4, -0.2) is 17.9 Å². The predicted molar refractivity (Wildman–Crippen MR) is 87.2 cm³/mol. The third-order valence-corrected chi connectivity index (χ3v) is 3.81. The molecule has 1 unspecified atom stereocenters. The van der Waals surface area contributed by atoms with Crippen molar-refractivity contribution in [2.24, 2.45) is 16.1 Å². The van der Waals surface area contributed by atoms with Gasteiger partial charge in [-0.25, -0.2) is 4.79 Å². The molecule has 0 N–H and O–H groups in total. The molecule has 4 nitrogen and oxygen atoms in total. The van der Waals surface area contributed by atoms with Gasteiger partial charge in [-0.3, -0.25) is 4.99 Å². The number of halogens is 4.